The van der Waals surface area contributed by atoms with Crippen LogP contribution in [0.3, 0.4) is 0 Å². The Morgan fingerprint density at radius 2 is 1.20 bits per heavy atom. The zero-order chi connectivity index (χ0) is 19.3. The molecule has 6 nitrogen and oxygen atoms in total. The van der Waals surface area contributed by atoms with Gasteiger partial charge in [0.25, 0.3) is 0 Å². The molecular weight excluding hydrogens is 340 g/mol. The predicted molar refractivity (Wildman–Crippen MR) is 97.4 cm³/mol. The second-order valence-electron chi connectivity index (χ2n) is 6.87. The van der Waals surface area contributed by atoms with E-state index in [2.05, 4.69) is 10.0 Å². The van der Waals surface area contributed by atoms with Crippen molar-refractivity contribution in [2.24, 2.45) is 11.8 Å². The first kappa shape index (κ1) is 19.6. The first-order chi connectivity index (χ1) is 11.5. The minimum Gasteiger partial charge on any atom is -0.369 e. The van der Waals surface area contributed by atoms with Crippen LogP contribution in [0.2, 0.25) is 0 Å². The zero-order valence-electron chi connectivity index (χ0n) is 15.8. The molecule has 2 rings (SSSR count). The molecule has 2 atom stereocenters. The van der Waals surface area contributed by atoms with Crippen LogP contribution in [0.5, 0.6) is 0 Å². The minimum absolute atomic E-state index is 0.112. The monoisotopic (exact) mass is 366 g/mol. The van der Waals surface area contributed by atoms with Gasteiger partial charge >= 0.3 is 0 Å². The van der Waals surface area contributed by atoms with E-state index in [0.29, 0.717) is 16.8 Å². The Kier molecular flexibility index (Phi) is 5.12. The smallest absolute Gasteiger partial charge is 0.240 e. The average Bonchev–Trinajstić information content (AvgIpc) is 2.74. The lowest BCUT2D eigenvalue weighted by Gasteiger charge is -2.23. The van der Waals surface area contributed by atoms with Gasteiger partial charge in [-0.1, -0.05) is 13.8 Å². The Balaban J connectivity index is 2.59. The van der Waals surface area contributed by atoms with Crippen molar-refractivity contribution in [3.8, 4) is 0 Å². The highest BCUT2D eigenvalue weighted by Gasteiger charge is 2.44. The lowest BCUT2D eigenvalue weighted by Crippen LogP contribution is -2.33. The van der Waals surface area contributed by atoms with E-state index in [1.165, 1.54) is 7.05 Å². The van der Waals surface area contributed by atoms with Crippen LogP contribution in [0.4, 0.5) is 5.69 Å². The van der Waals surface area contributed by atoms with Gasteiger partial charge in [0, 0.05) is 17.5 Å². The van der Waals surface area contributed by atoms with E-state index in [0.717, 1.165) is 11.1 Å². The molecule has 1 fully saturated rings. The van der Waals surface area contributed by atoms with Crippen molar-refractivity contribution in [3.63, 3.8) is 0 Å². The molecule has 1 saturated carbocycles. The predicted octanol–water partition coefficient (Wildman–Crippen LogP) is 2.03. The second-order valence-corrected chi connectivity index (χ2v) is 8.69. The van der Waals surface area contributed by atoms with Gasteiger partial charge in [-0.15, -0.1) is 0 Å². The maximum Gasteiger partial charge on any atom is 0.240 e. The van der Waals surface area contributed by atoms with Gasteiger partial charge in [0.1, 0.15) is 6.04 Å². The van der Waals surface area contributed by atoms with Gasteiger partial charge in [0.05, 0.1) is 4.90 Å². The third-order valence-electron chi connectivity index (χ3n) is 5.60. The summed E-state index contributed by atoms with van der Waals surface area (Å²) in [5.41, 5.74) is 3.34. The molecule has 0 amide bonds. The summed E-state index contributed by atoms with van der Waals surface area (Å²) in [6, 6.07) is -0.868. The Hall–Kier alpha value is -1.73. The normalized spacial score (nSPS) is 24.0. The molecule has 1 aromatic rings. The standard InChI is InChI=1S/C18H26N2O4S/c1-8-12(5)18(25(23,24)19-7)13(6)9(2)14(8)20-15-16(21)10(3)11(4)17(15)22/h10-11,15,19-20H,1-7H3. The summed E-state index contributed by atoms with van der Waals surface area (Å²) in [5, 5.41) is 3.10. The van der Waals surface area contributed by atoms with Crippen LogP contribution in [0.25, 0.3) is 0 Å². The van der Waals surface area contributed by atoms with Crippen LogP contribution >= 0.6 is 0 Å². The van der Waals surface area contributed by atoms with Gasteiger partial charge in [0.15, 0.2) is 11.6 Å². The molecule has 2 unspecified atom stereocenters. The number of Topliss-reactive ketones (excluding diaryl/α,β-unsaturated/α-hetero) is 2. The van der Waals surface area contributed by atoms with E-state index >= 15 is 0 Å². The van der Waals surface area contributed by atoms with Crippen LogP contribution in [0.15, 0.2) is 4.90 Å². The molecule has 25 heavy (non-hydrogen) atoms. The van der Waals surface area contributed by atoms with Crippen LogP contribution in [0.1, 0.15) is 36.1 Å². The summed E-state index contributed by atoms with van der Waals surface area (Å²) in [6.45, 7) is 10.6. The number of benzene rings is 1. The fourth-order valence-corrected chi connectivity index (χ4v) is 4.76. The Morgan fingerprint density at radius 1 is 0.800 bits per heavy atom. The maximum atomic E-state index is 12.4. The molecule has 7 heteroatoms. The third kappa shape index (κ3) is 3.00. The number of hydrogen-bond donors (Lipinski definition) is 2. The molecule has 0 heterocycles. The van der Waals surface area contributed by atoms with Gasteiger partial charge in [-0.2, -0.15) is 0 Å². The van der Waals surface area contributed by atoms with Gasteiger partial charge in [-0.3, -0.25) is 9.59 Å². The molecule has 0 radical (unpaired) electrons. The number of sulfonamides is 1. The van der Waals surface area contributed by atoms with Crippen LogP contribution in [0, 0.1) is 39.5 Å². The van der Waals surface area contributed by atoms with Crippen LogP contribution < -0.4 is 10.0 Å². The first-order valence-corrected chi connectivity index (χ1v) is 9.81. The minimum atomic E-state index is -3.60. The number of carbonyl (C=O) groups excluding carboxylic acids is 2. The fraction of sp³-hybridized carbons (Fsp3) is 0.556. The molecule has 0 aromatic heterocycles. The van der Waals surface area contributed by atoms with Crippen molar-refractivity contribution in [1.29, 1.82) is 0 Å². The summed E-state index contributed by atoms with van der Waals surface area (Å²) in [5.74, 6) is -0.842. The Labute approximate surface area is 149 Å². The Morgan fingerprint density at radius 3 is 1.56 bits per heavy atom. The highest BCUT2D eigenvalue weighted by molar-refractivity contribution is 7.89. The summed E-state index contributed by atoms with van der Waals surface area (Å²) in [6.07, 6.45) is 0. The highest BCUT2D eigenvalue weighted by Crippen LogP contribution is 2.35. The number of hydrogen-bond acceptors (Lipinski definition) is 5. The van der Waals surface area contributed by atoms with Crippen molar-refractivity contribution in [2.45, 2.75) is 52.5 Å². The van der Waals surface area contributed by atoms with Crippen molar-refractivity contribution in [1.82, 2.24) is 4.72 Å². The molecule has 1 aliphatic carbocycles. The maximum absolute atomic E-state index is 12.4. The lowest BCUT2D eigenvalue weighted by molar-refractivity contribution is -0.123. The van der Waals surface area contributed by atoms with E-state index in [-0.39, 0.29) is 28.3 Å². The topological polar surface area (TPSA) is 92.3 Å². The molecular formula is C18H26N2O4S. The quantitative estimate of drug-likeness (QED) is 0.796. The molecule has 0 bridgehead atoms. The lowest BCUT2D eigenvalue weighted by atomic mass is 9.97. The van der Waals surface area contributed by atoms with Gasteiger partial charge < -0.3 is 5.32 Å². The molecule has 2 N–H and O–H groups in total. The van der Waals surface area contributed by atoms with Crippen molar-refractivity contribution in [2.75, 3.05) is 12.4 Å². The largest absolute Gasteiger partial charge is 0.369 e. The van der Waals surface area contributed by atoms with E-state index < -0.39 is 16.1 Å². The molecule has 1 aliphatic rings. The third-order valence-corrected chi connectivity index (χ3v) is 7.29. The van der Waals surface area contributed by atoms with Gasteiger partial charge in [-0.05, 0) is 57.0 Å². The highest BCUT2D eigenvalue weighted by atomic mass is 32.2. The fourth-order valence-electron chi connectivity index (χ4n) is 3.45. The van der Waals surface area contributed by atoms with Crippen LogP contribution in [-0.2, 0) is 19.6 Å². The van der Waals surface area contributed by atoms with Gasteiger partial charge in [0.2, 0.25) is 10.0 Å². The summed E-state index contributed by atoms with van der Waals surface area (Å²) in [4.78, 5) is 25.1. The molecule has 0 spiro atoms. The van der Waals surface area contributed by atoms with Crippen molar-refractivity contribution >= 4 is 27.3 Å². The van der Waals surface area contributed by atoms with Crippen molar-refractivity contribution < 1.29 is 18.0 Å². The van der Waals surface area contributed by atoms with E-state index in [1.54, 1.807) is 41.5 Å². The van der Waals surface area contributed by atoms with E-state index in [4.69, 9.17) is 0 Å². The molecule has 0 aliphatic heterocycles. The Bertz CT molecular complexity index is 809. The molecule has 138 valence electrons. The number of ketones is 2. The number of anilines is 1. The molecule has 0 saturated heterocycles. The average molecular weight is 366 g/mol. The number of nitrogens with one attached hydrogen (secondary N) is 2. The second kappa shape index (κ2) is 6.53. The summed E-state index contributed by atoms with van der Waals surface area (Å²) in [7, 11) is -2.22. The van der Waals surface area contributed by atoms with E-state index in [9.17, 15) is 18.0 Å². The first-order valence-electron chi connectivity index (χ1n) is 8.33. The molecule has 1 aromatic carbocycles. The van der Waals surface area contributed by atoms with E-state index in [1.807, 2.05) is 0 Å². The number of rotatable bonds is 4. The summed E-state index contributed by atoms with van der Waals surface area (Å²) < 4.78 is 27.1. The number of carbonyl (C=O) groups is 2. The van der Waals surface area contributed by atoms with Gasteiger partial charge in [-0.25, -0.2) is 13.1 Å². The summed E-state index contributed by atoms with van der Waals surface area (Å²) >= 11 is 0. The SMILES string of the molecule is CNS(=O)(=O)c1c(C)c(C)c(NC2C(=O)C(C)C(C)C2=O)c(C)c1C. The van der Waals surface area contributed by atoms with Crippen LogP contribution in [-0.4, -0.2) is 33.1 Å². The van der Waals surface area contributed by atoms with Crippen molar-refractivity contribution in [3.05, 3.63) is 22.3 Å². The zero-order valence-corrected chi connectivity index (χ0v) is 16.6.